The predicted molar refractivity (Wildman–Crippen MR) is 93.8 cm³/mol. The second-order valence-electron chi connectivity index (χ2n) is 4.72. The molecule has 2 heterocycles. The predicted octanol–water partition coefficient (Wildman–Crippen LogP) is 4.26. The lowest BCUT2D eigenvalue weighted by atomic mass is 10.3. The Morgan fingerprint density at radius 2 is 2.04 bits per heavy atom. The highest BCUT2D eigenvalue weighted by atomic mass is 35.5. The molecule has 0 radical (unpaired) electrons. The molecule has 0 unspecified atom stereocenters. The van der Waals surface area contributed by atoms with Gasteiger partial charge in [0.1, 0.15) is 10.6 Å². The van der Waals surface area contributed by atoms with Gasteiger partial charge in [0.25, 0.3) is 10.0 Å². The molecular formula is C14H11Cl2N3O2S2. The fourth-order valence-electron chi connectivity index (χ4n) is 2.02. The maximum atomic E-state index is 12.7. The lowest BCUT2D eigenvalue weighted by molar-refractivity contribution is 0.601. The number of nitrogens with one attached hydrogen (secondary N) is 1. The summed E-state index contributed by atoms with van der Waals surface area (Å²) >= 11 is 13.3. The van der Waals surface area contributed by atoms with E-state index in [2.05, 4.69) is 9.82 Å². The average molecular weight is 388 g/mol. The molecule has 0 atom stereocenters. The lowest BCUT2D eigenvalue weighted by Crippen LogP contribution is -2.13. The summed E-state index contributed by atoms with van der Waals surface area (Å²) in [5, 5.41) is 6.77. The standard InChI is InChI=1S/C14H11Cl2N3O2S2/c1-19-8-13(14(17-19)12-3-2-6-22-12)23(20,21)18-11-5-4-9(15)7-10(11)16/h2-8,18H,1H3. The highest BCUT2D eigenvalue weighted by Gasteiger charge is 2.24. The monoisotopic (exact) mass is 387 g/mol. The van der Waals surface area contributed by atoms with Crippen molar-refractivity contribution < 1.29 is 8.42 Å². The van der Waals surface area contributed by atoms with Gasteiger partial charge in [-0.25, -0.2) is 8.42 Å². The van der Waals surface area contributed by atoms with E-state index in [9.17, 15) is 8.42 Å². The van der Waals surface area contributed by atoms with E-state index in [1.807, 2.05) is 17.5 Å². The van der Waals surface area contributed by atoms with Crippen molar-refractivity contribution in [2.45, 2.75) is 4.90 Å². The van der Waals surface area contributed by atoms with Crippen molar-refractivity contribution in [2.75, 3.05) is 4.72 Å². The first kappa shape index (κ1) is 16.3. The zero-order valence-corrected chi connectivity index (χ0v) is 15.0. The highest BCUT2D eigenvalue weighted by molar-refractivity contribution is 7.92. The van der Waals surface area contributed by atoms with Crippen molar-refractivity contribution in [1.29, 1.82) is 0 Å². The van der Waals surface area contributed by atoms with Crippen LogP contribution in [0.4, 0.5) is 5.69 Å². The number of hydrogen-bond acceptors (Lipinski definition) is 4. The van der Waals surface area contributed by atoms with Crippen LogP contribution in [0.2, 0.25) is 10.0 Å². The summed E-state index contributed by atoms with van der Waals surface area (Å²) in [4.78, 5) is 0.863. The Kier molecular flexibility index (Phi) is 4.37. The third kappa shape index (κ3) is 3.37. The molecule has 0 spiro atoms. The molecule has 1 N–H and O–H groups in total. The Bertz CT molecular complexity index is 951. The number of halogens is 2. The van der Waals surface area contributed by atoms with Crippen LogP contribution in [0.1, 0.15) is 0 Å². The molecule has 5 nitrogen and oxygen atoms in total. The summed E-state index contributed by atoms with van der Waals surface area (Å²) in [5.74, 6) is 0. The van der Waals surface area contributed by atoms with Gasteiger partial charge in [-0.05, 0) is 29.6 Å². The van der Waals surface area contributed by atoms with Gasteiger partial charge in [-0.1, -0.05) is 29.3 Å². The van der Waals surface area contributed by atoms with Gasteiger partial charge in [0.2, 0.25) is 0 Å². The van der Waals surface area contributed by atoms with Crippen LogP contribution < -0.4 is 4.72 Å². The van der Waals surface area contributed by atoms with Crippen LogP contribution in [0.25, 0.3) is 10.6 Å². The summed E-state index contributed by atoms with van der Waals surface area (Å²) < 4.78 is 29.4. The minimum absolute atomic E-state index is 0.0912. The number of benzene rings is 1. The van der Waals surface area contributed by atoms with E-state index in [4.69, 9.17) is 23.2 Å². The minimum Gasteiger partial charge on any atom is -0.278 e. The molecule has 120 valence electrons. The second kappa shape index (κ2) is 6.16. The lowest BCUT2D eigenvalue weighted by Gasteiger charge is -2.09. The van der Waals surface area contributed by atoms with Gasteiger partial charge in [-0.3, -0.25) is 9.40 Å². The Morgan fingerprint density at radius 3 is 2.70 bits per heavy atom. The summed E-state index contributed by atoms with van der Waals surface area (Å²) in [5.41, 5.74) is 0.664. The normalized spacial score (nSPS) is 11.6. The van der Waals surface area contributed by atoms with Crippen LogP contribution in [-0.4, -0.2) is 18.2 Å². The quantitative estimate of drug-likeness (QED) is 0.727. The Morgan fingerprint density at radius 1 is 1.26 bits per heavy atom. The maximum absolute atomic E-state index is 12.7. The smallest absolute Gasteiger partial charge is 0.265 e. The number of hydrogen-bond donors (Lipinski definition) is 1. The summed E-state index contributed by atoms with van der Waals surface area (Å²) in [6.07, 6.45) is 1.46. The van der Waals surface area contributed by atoms with Crippen LogP contribution in [0.15, 0.2) is 46.8 Å². The van der Waals surface area contributed by atoms with Gasteiger partial charge >= 0.3 is 0 Å². The zero-order valence-electron chi connectivity index (χ0n) is 11.8. The number of sulfonamides is 1. The van der Waals surface area contributed by atoms with Crippen molar-refractivity contribution >= 4 is 50.2 Å². The van der Waals surface area contributed by atoms with Crippen LogP contribution in [0.3, 0.4) is 0 Å². The summed E-state index contributed by atoms with van der Waals surface area (Å²) in [6.45, 7) is 0. The van der Waals surface area contributed by atoms with Crippen molar-refractivity contribution in [2.24, 2.45) is 7.05 Å². The first-order chi connectivity index (χ1) is 10.9. The largest absolute Gasteiger partial charge is 0.278 e. The molecule has 3 aromatic rings. The molecule has 0 saturated heterocycles. The minimum atomic E-state index is -3.84. The first-order valence-electron chi connectivity index (χ1n) is 6.42. The van der Waals surface area contributed by atoms with Gasteiger partial charge in [-0.2, -0.15) is 5.10 Å². The topological polar surface area (TPSA) is 64.0 Å². The molecule has 9 heteroatoms. The van der Waals surface area contributed by atoms with Crippen LogP contribution in [-0.2, 0) is 17.1 Å². The summed E-state index contributed by atoms with van der Waals surface area (Å²) in [7, 11) is -2.17. The molecular weight excluding hydrogens is 377 g/mol. The second-order valence-corrected chi connectivity index (χ2v) is 8.16. The third-order valence-electron chi connectivity index (χ3n) is 3.01. The number of nitrogens with zero attached hydrogens (tertiary/aromatic N) is 2. The molecule has 3 rings (SSSR count). The molecule has 23 heavy (non-hydrogen) atoms. The van der Waals surface area contributed by atoms with Crippen molar-refractivity contribution in [1.82, 2.24) is 9.78 Å². The first-order valence-corrected chi connectivity index (χ1v) is 9.54. The average Bonchev–Trinajstić information content (AvgIpc) is 3.11. The molecule has 0 saturated carbocycles. The molecule has 0 aliphatic heterocycles. The molecule has 1 aromatic carbocycles. The van der Waals surface area contributed by atoms with E-state index in [0.29, 0.717) is 10.7 Å². The number of thiophene rings is 1. The fourth-order valence-corrected chi connectivity index (χ4v) is 4.59. The van der Waals surface area contributed by atoms with E-state index in [1.165, 1.54) is 34.3 Å². The number of rotatable bonds is 4. The van der Waals surface area contributed by atoms with Crippen molar-refractivity contribution in [3.63, 3.8) is 0 Å². The number of aromatic nitrogens is 2. The SMILES string of the molecule is Cn1cc(S(=O)(=O)Nc2ccc(Cl)cc2Cl)c(-c2cccs2)n1. The Labute approximate surface area is 147 Å². The van der Waals surface area contributed by atoms with Crippen molar-refractivity contribution in [3.05, 3.63) is 52.0 Å². The number of aryl methyl sites for hydroxylation is 1. The molecule has 0 aliphatic rings. The molecule has 0 fully saturated rings. The van der Waals surface area contributed by atoms with Gasteiger partial charge < -0.3 is 0 Å². The van der Waals surface area contributed by atoms with E-state index in [-0.39, 0.29) is 15.6 Å². The Balaban J connectivity index is 2.04. The van der Waals surface area contributed by atoms with Crippen LogP contribution in [0.5, 0.6) is 0 Å². The maximum Gasteiger partial charge on any atom is 0.265 e. The van der Waals surface area contributed by atoms with Crippen LogP contribution in [0, 0.1) is 0 Å². The molecule has 2 aromatic heterocycles. The van der Waals surface area contributed by atoms with Gasteiger partial charge in [-0.15, -0.1) is 11.3 Å². The molecule has 0 amide bonds. The van der Waals surface area contributed by atoms with E-state index in [1.54, 1.807) is 13.1 Å². The van der Waals surface area contributed by atoms with Gasteiger partial charge in [0.15, 0.2) is 0 Å². The van der Waals surface area contributed by atoms with Crippen LogP contribution >= 0.6 is 34.5 Å². The third-order valence-corrected chi connectivity index (χ3v) is 5.81. The van der Waals surface area contributed by atoms with Gasteiger partial charge in [0.05, 0.1) is 15.6 Å². The highest BCUT2D eigenvalue weighted by Crippen LogP contribution is 2.32. The molecule has 0 aliphatic carbocycles. The number of anilines is 1. The zero-order chi connectivity index (χ0) is 16.6. The van der Waals surface area contributed by atoms with E-state index in [0.717, 1.165) is 4.88 Å². The van der Waals surface area contributed by atoms with E-state index >= 15 is 0 Å². The van der Waals surface area contributed by atoms with Gasteiger partial charge in [0, 0.05) is 18.3 Å². The Hall–Kier alpha value is -1.54. The van der Waals surface area contributed by atoms with Crippen molar-refractivity contribution in [3.8, 4) is 10.6 Å². The fraction of sp³-hybridized carbons (Fsp3) is 0.0714. The van der Waals surface area contributed by atoms with E-state index < -0.39 is 10.0 Å². The summed E-state index contributed by atoms with van der Waals surface area (Å²) in [6, 6.07) is 8.22. The molecule has 0 bridgehead atoms.